The van der Waals surface area contributed by atoms with E-state index in [0.29, 0.717) is 13.0 Å². The van der Waals surface area contributed by atoms with E-state index >= 15 is 0 Å². The maximum Gasteiger partial charge on any atom is 0.227 e. The zero-order chi connectivity index (χ0) is 19.1. The standard InChI is InChI=1S/C22H21FN4O/c23-17-8-4-5-15(11-17)12-21(28)27-18-9-10-19(27)14-26-20(13-18)24-25-22(26)16-6-2-1-3-7-16/h1-8,11,18-19H,9-10,12-14H2/t18-,19+/m0/s1. The second-order valence-electron chi connectivity index (χ2n) is 7.61. The largest absolute Gasteiger partial charge is 0.334 e. The molecule has 0 unspecified atom stereocenters. The first kappa shape index (κ1) is 17.1. The van der Waals surface area contributed by atoms with Gasteiger partial charge in [0.2, 0.25) is 5.91 Å². The van der Waals surface area contributed by atoms with Gasteiger partial charge in [-0.2, -0.15) is 0 Å². The van der Waals surface area contributed by atoms with Crippen LogP contribution in [0.5, 0.6) is 0 Å². The van der Waals surface area contributed by atoms with Crippen LogP contribution in [0.4, 0.5) is 4.39 Å². The summed E-state index contributed by atoms with van der Waals surface area (Å²) in [7, 11) is 0. The van der Waals surface area contributed by atoms with E-state index in [1.807, 2.05) is 41.3 Å². The molecule has 28 heavy (non-hydrogen) atoms. The Labute approximate surface area is 162 Å². The normalized spacial score (nSPS) is 20.7. The number of benzene rings is 2. The summed E-state index contributed by atoms with van der Waals surface area (Å²) in [5, 5.41) is 8.85. The van der Waals surface area contributed by atoms with Gasteiger partial charge >= 0.3 is 0 Å². The predicted molar refractivity (Wildman–Crippen MR) is 103 cm³/mol. The molecule has 142 valence electrons. The van der Waals surface area contributed by atoms with Gasteiger partial charge in [-0.15, -0.1) is 10.2 Å². The van der Waals surface area contributed by atoms with Crippen molar-refractivity contribution in [1.82, 2.24) is 19.7 Å². The lowest BCUT2D eigenvalue weighted by atomic mass is 10.1. The Morgan fingerprint density at radius 1 is 1.04 bits per heavy atom. The molecule has 1 fully saturated rings. The predicted octanol–water partition coefficient (Wildman–Crippen LogP) is 3.24. The summed E-state index contributed by atoms with van der Waals surface area (Å²) in [6, 6.07) is 16.6. The van der Waals surface area contributed by atoms with Crippen LogP contribution >= 0.6 is 0 Å². The van der Waals surface area contributed by atoms with Crippen molar-refractivity contribution in [1.29, 1.82) is 0 Å². The smallest absolute Gasteiger partial charge is 0.227 e. The molecule has 2 atom stereocenters. The third-order valence-electron chi connectivity index (χ3n) is 5.82. The fourth-order valence-electron chi connectivity index (χ4n) is 4.56. The van der Waals surface area contributed by atoms with E-state index in [9.17, 15) is 9.18 Å². The molecular formula is C22H21FN4O. The highest BCUT2D eigenvalue weighted by Gasteiger charge is 2.40. The van der Waals surface area contributed by atoms with Crippen molar-refractivity contribution in [2.75, 3.05) is 0 Å². The Hall–Kier alpha value is -3.02. The Bertz CT molecular complexity index is 1020. The van der Waals surface area contributed by atoms with Gasteiger partial charge in [0.25, 0.3) is 0 Å². The first-order valence-corrected chi connectivity index (χ1v) is 9.72. The van der Waals surface area contributed by atoms with Crippen molar-refractivity contribution in [3.8, 4) is 11.4 Å². The fourth-order valence-corrected chi connectivity index (χ4v) is 4.56. The molecule has 1 saturated heterocycles. The average Bonchev–Trinajstić information content (AvgIpc) is 3.22. The number of halogens is 1. The molecule has 2 aliphatic rings. The van der Waals surface area contributed by atoms with Gasteiger partial charge in [0.15, 0.2) is 5.82 Å². The average molecular weight is 376 g/mol. The van der Waals surface area contributed by atoms with E-state index < -0.39 is 0 Å². The molecular weight excluding hydrogens is 355 g/mol. The number of carbonyl (C=O) groups excluding carboxylic acids is 1. The van der Waals surface area contributed by atoms with Crippen LogP contribution in [-0.4, -0.2) is 37.7 Å². The quantitative estimate of drug-likeness (QED) is 0.705. The minimum absolute atomic E-state index is 0.0677. The van der Waals surface area contributed by atoms with Crippen molar-refractivity contribution in [2.45, 2.75) is 44.3 Å². The fraction of sp³-hybridized carbons (Fsp3) is 0.318. The van der Waals surface area contributed by atoms with E-state index in [1.54, 1.807) is 6.07 Å². The number of carbonyl (C=O) groups is 1. The minimum atomic E-state index is -0.303. The molecule has 1 amide bonds. The Morgan fingerprint density at radius 2 is 1.86 bits per heavy atom. The SMILES string of the molecule is O=C(Cc1cccc(F)c1)N1[C@@H]2CC[C@H]1Cc1nnc(-c3ccccc3)n1C2. The summed E-state index contributed by atoms with van der Waals surface area (Å²) in [6.45, 7) is 0.706. The first-order chi connectivity index (χ1) is 13.7. The van der Waals surface area contributed by atoms with Crippen molar-refractivity contribution in [3.63, 3.8) is 0 Å². The van der Waals surface area contributed by atoms with Crippen LogP contribution in [0.25, 0.3) is 11.4 Å². The summed E-state index contributed by atoms with van der Waals surface area (Å²) in [5.74, 6) is 1.57. The van der Waals surface area contributed by atoms with Gasteiger partial charge in [-0.3, -0.25) is 4.79 Å². The number of amides is 1. The van der Waals surface area contributed by atoms with Crippen LogP contribution in [0.15, 0.2) is 54.6 Å². The van der Waals surface area contributed by atoms with Crippen molar-refractivity contribution in [3.05, 3.63) is 71.8 Å². The first-order valence-electron chi connectivity index (χ1n) is 9.72. The molecule has 2 bridgehead atoms. The maximum atomic E-state index is 13.5. The minimum Gasteiger partial charge on any atom is -0.334 e. The van der Waals surface area contributed by atoms with Crippen LogP contribution in [0.3, 0.4) is 0 Å². The van der Waals surface area contributed by atoms with Crippen LogP contribution in [0, 0.1) is 5.82 Å². The third kappa shape index (κ3) is 2.99. The third-order valence-corrected chi connectivity index (χ3v) is 5.82. The van der Waals surface area contributed by atoms with Crippen LogP contribution < -0.4 is 0 Å². The number of hydrogen-bond acceptors (Lipinski definition) is 3. The molecule has 6 heteroatoms. The highest BCUT2D eigenvalue weighted by atomic mass is 19.1. The maximum absolute atomic E-state index is 13.5. The van der Waals surface area contributed by atoms with E-state index in [4.69, 9.17) is 0 Å². The second-order valence-corrected chi connectivity index (χ2v) is 7.61. The molecule has 2 aliphatic heterocycles. The molecule has 0 radical (unpaired) electrons. The van der Waals surface area contributed by atoms with Crippen molar-refractivity contribution < 1.29 is 9.18 Å². The Kier molecular flexibility index (Phi) is 4.19. The van der Waals surface area contributed by atoms with Gasteiger partial charge in [0.1, 0.15) is 11.6 Å². The molecule has 3 heterocycles. The second kappa shape index (κ2) is 6.86. The molecule has 5 nitrogen and oxygen atoms in total. The lowest BCUT2D eigenvalue weighted by Gasteiger charge is -2.28. The van der Waals surface area contributed by atoms with E-state index in [-0.39, 0.29) is 30.2 Å². The van der Waals surface area contributed by atoms with Crippen LogP contribution in [0.2, 0.25) is 0 Å². The Balaban J connectivity index is 1.42. The van der Waals surface area contributed by atoms with Gasteiger partial charge in [0.05, 0.1) is 12.5 Å². The molecule has 2 aromatic carbocycles. The van der Waals surface area contributed by atoms with E-state index in [0.717, 1.165) is 35.6 Å². The monoisotopic (exact) mass is 376 g/mol. The lowest BCUT2D eigenvalue weighted by Crippen LogP contribution is -2.42. The summed E-state index contributed by atoms with van der Waals surface area (Å²) in [4.78, 5) is 15.1. The molecule has 1 aromatic heterocycles. The lowest BCUT2D eigenvalue weighted by molar-refractivity contribution is -0.133. The molecule has 0 N–H and O–H groups in total. The number of hydrogen-bond donors (Lipinski definition) is 0. The summed E-state index contributed by atoms with van der Waals surface area (Å²) < 4.78 is 15.7. The molecule has 0 aliphatic carbocycles. The van der Waals surface area contributed by atoms with Crippen molar-refractivity contribution >= 4 is 5.91 Å². The number of rotatable bonds is 3. The summed E-state index contributed by atoms with van der Waals surface area (Å²) >= 11 is 0. The molecule has 5 rings (SSSR count). The van der Waals surface area contributed by atoms with Crippen molar-refractivity contribution in [2.24, 2.45) is 0 Å². The van der Waals surface area contributed by atoms with Gasteiger partial charge in [-0.1, -0.05) is 42.5 Å². The molecule has 0 saturated carbocycles. The van der Waals surface area contributed by atoms with E-state index in [2.05, 4.69) is 14.8 Å². The van der Waals surface area contributed by atoms with Gasteiger partial charge in [0, 0.05) is 24.6 Å². The highest BCUT2D eigenvalue weighted by Crippen LogP contribution is 2.33. The van der Waals surface area contributed by atoms with Gasteiger partial charge in [-0.05, 0) is 30.5 Å². The van der Waals surface area contributed by atoms with Gasteiger partial charge < -0.3 is 9.47 Å². The molecule has 3 aromatic rings. The topological polar surface area (TPSA) is 51.0 Å². The van der Waals surface area contributed by atoms with E-state index in [1.165, 1.54) is 12.1 Å². The van der Waals surface area contributed by atoms with Gasteiger partial charge in [-0.25, -0.2) is 4.39 Å². The zero-order valence-corrected chi connectivity index (χ0v) is 15.5. The van der Waals surface area contributed by atoms with Crippen LogP contribution in [0.1, 0.15) is 24.2 Å². The highest BCUT2D eigenvalue weighted by molar-refractivity contribution is 5.80. The Morgan fingerprint density at radius 3 is 2.68 bits per heavy atom. The number of fused-ring (bicyclic) bond motifs is 3. The van der Waals surface area contributed by atoms with Crippen LogP contribution in [-0.2, 0) is 24.2 Å². The summed E-state index contributed by atoms with van der Waals surface area (Å²) in [5.41, 5.74) is 1.76. The number of aromatic nitrogens is 3. The molecule has 0 spiro atoms. The number of nitrogens with zero attached hydrogens (tertiary/aromatic N) is 4. The zero-order valence-electron chi connectivity index (χ0n) is 15.5. The summed E-state index contributed by atoms with van der Waals surface area (Å²) in [6.07, 6.45) is 2.90.